The lowest BCUT2D eigenvalue weighted by molar-refractivity contribution is -0.122. The van der Waals surface area contributed by atoms with Gasteiger partial charge in [-0.25, -0.2) is 4.79 Å². The molecule has 1 saturated heterocycles. The molecular formula is C29H43N7O5. The zero-order chi connectivity index (χ0) is 29.3. The second-order valence-electron chi connectivity index (χ2n) is 11.5. The van der Waals surface area contributed by atoms with E-state index in [0.29, 0.717) is 43.1 Å². The van der Waals surface area contributed by atoms with E-state index in [2.05, 4.69) is 33.6 Å². The molecule has 2 heterocycles. The van der Waals surface area contributed by atoms with Crippen LogP contribution in [0.4, 0.5) is 4.79 Å². The van der Waals surface area contributed by atoms with Crippen LogP contribution in [0.3, 0.4) is 0 Å². The minimum Gasteiger partial charge on any atom is -0.493 e. The van der Waals surface area contributed by atoms with Gasteiger partial charge in [0.2, 0.25) is 5.91 Å². The molecule has 2 aliphatic carbocycles. The van der Waals surface area contributed by atoms with Crippen molar-refractivity contribution in [2.75, 3.05) is 54.4 Å². The molecule has 1 spiro atoms. The molecule has 1 aromatic rings. The van der Waals surface area contributed by atoms with Crippen LogP contribution in [0.5, 0.6) is 11.5 Å². The van der Waals surface area contributed by atoms with Crippen LogP contribution in [0, 0.1) is 5.92 Å². The number of nitrogens with two attached hydrogens (primary N) is 2. The molecule has 2 amide bonds. The van der Waals surface area contributed by atoms with Gasteiger partial charge in [-0.15, -0.1) is 0 Å². The minimum atomic E-state index is -0.648. The van der Waals surface area contributed by atoms with E-state index >= 15 is 0 Å². The Morgan fingerprint density at radius 1 is 1.32 bits per heavy atom. The number of aliphatic imine (C=N–C) groups is 1. The Morgan fingerprint density at radius 3 is 2.88 bits per heavy atom. The standard InChI is InChI=1S/C29H43N7O5/c1-32-27(31)34-12-5-6-19(30)26(37)33-13-15-36(3)28(38)40-22-10-8-18-20-16-17-7-9-21(39-4)24-23(17)29(18,25(22)41-24)11-14-35(20)2/h7,9-10,18-20,25H,5-6,8,11-16,30H2,1-4H3,(H,33,37)(H3,31,32,34)/t18?,19-,20+,25?,29-/m0/s1. The highest BCUT2D eigenvalue weighted by Gasteiger charge is 2.64. The Bertz CT molecular complexity index is 1240. The fourth-order valence-corrected chi connectivity index (χ4v) is 7.06. The molecule has 2 unspecified atom stereocenters. The Hall–Kier alpha value is -3.51. The molecule has 224 valence electrons. The van der Waals surface area contributed by atoms with E-state index in [4.69, 9.17) is 25.7 Å². The smallest absolute Gasteiger partial charge is 0.414 e. The number of guanidine groups is 1. The van der Waals surface area contributed by atoms with Crippen LogP contribution < -0.4 is 31.6 Å². The third kappa shape index (κ3) is 5.19. The van der Waals surface area contributed by atoms with Crippen molar-refractivity contribution in [2.45, 2.75) is 55.7 Å². The first kappa shape index (κ1) is 29.0. The summed E-state index contributed by atoms with van der Waals surface area (Å²) >= 11 is 0. The van der Waals surface area contributed by atoms with Crippen molar-refractivity contribution in [1.82, 2.24) is 20.4 Å². The van der Waals surface area contributed by atoms with Crippen molar-refractivity contribution >= 4 is 18.0 Å². The number of benzene rings is 1. The summed E-state index contributed by atoms with van der Waals surface area (Å²) in [5.74, 6) is 2.53. The SMILES string of the molecule is CN=C(N)NCCC[C@H](N)C(=O)NCCN(C)C(=O)OC1=CCC2[C@H]3Cc4ccc(OC)c5c4[C@@]2(CCN3C)C1O5. The largest absolute Gasteiger partial charge is 0.493 e. The lowest BCUT2D eigenvalue weighted by atomic mass is 9.53. The first-order chi connectivity index (χ1) is 19.7. The van der Waals surface area contributed by atoms with Gasteiger partial charge < -0.3 is 46.1 Å². The van der Waals surface area contributed by atoms with Gasteiger partial charge in [0.1, 0.15) is 5.76 Å². The average Bonchev–Trinajstić information content (AvgIpc) is 3.32. The number of nitrogens with zero attached hydrogens (tertiary/aromatic N) is 3. The van der Waals surface area contributed by atoms with Crippen molar-refractivity contribution in [3.8, 4) is 11.5 Å². The van der Waals surface area contributed by atoms with E-state index < -0.39 is 12.1 Å². The van der Waals surface area contributed by atoms with Gasteiger partial charge in [-0.3, -0.25) is 9.79 Å². The maximum Gasteiger partial charge on any atom is 0.414 e. The predicted octanol–water partition coefficient (Wildman–Crippen LogP) is 0.684. The molecule has 0 radical (unpaired) electrons. The molecule has 1 aromatic carbocycles. The van der Waals surface area contributed by atoms with Gasteiger partial charge in [0.05, 0.1) is 13.2 Å². The molecule has 5 rings (SSSR count). The van der Waals surface area contributed by atoms with Crippen LogP contribution in [0.2, 0.25) is 0 Å². The second kappa shape index (κ2) is 11.8. The van der Waals surface area contributed by atoms with Crippen LogP contribution >= 0.6 is 0 Å². The number of ether oxygens (including phenoxy) is 3. The second-order valence-corrected chi connectivity index (χ2v) is 11.5. The van der Waals surface area contributed by atoms with Crippen LogP contribution in [0.1, 0.15) is 36.8 Å². The Labute approximate surface area is 241 Å². The van der Waals surface area contributed by atoms with E-state index in [-0.39, 0.29) is 30.5 Å². The van der Waals surface area contributed by atoms with Gasteiger partial charge in [-0.05, 0) is 69.3 Å². The zero-order valence-corrected chi connectivity index (χ0v) is 24.4. The number of rotatable bonds is 10. The van der Waals surface area contributed by atoms with Gasteiger partial charge in [-0.1, -0.05) is 6.07 Å². The van der Waals surface area contributed by atoms with E-state index in [1.165, 1.54) is 16.0 Å². The lowest BCUT2D eigenvalue weighted by Crippen LogP contribution is -2.63. The van der Waals surface area contributed by atoms with Gasteiger partial charge in [0.15, 0.2) is 23.6 Å². The monoisotopic (exact) mass is 569 g/mol. The highest BCUT2D eigenvalue weighted by molar-refractivity contribution is 5.81. The number of methoxy groups -OCH3 is 1. The molecule has 2 bridgehead atoms. The Balaban J connectivity index is 1.19. The molecule has 1 fully saturated rings. The van der Waals surface area contributed by atoms with Crippen LogP contribution in [0.15, 0.2) is 29.0 Å². The van der Waals surface area contributed by atoms with Gasteiger partial charge >= 0.3 is 6.09 Å². The van der Waals surface area contributed by atoms with E-state index in [0.717, 1.165) is 37.3 Å². The normalized spacial score (nSPS) is 26.7. The number of hydrogen-bond acceptors (Lipinski definition) is 8. The van der Waals surface area contributed by atoms with E-state index in [1.807, 2.05) is 12.1 Å². The van der Waals surface area contributed by atoms with Gasteiger partial charge in [-0.2, -0.15) is 0 Å². The maximum atomic E-state index is 13.2. The summed E-state index contributed by atoms with van der Waals surface area (Å²) in [5, 5.41) is 5.74. The van der Waals surface area contributed by atoms with Crippen molar-refractivity contribution in [3.63, 3.8) is 0 Å². The molecule has 12 nitrogen and oxygen atoms in total. The Morgan fingerprint density at radius 2 is 2.12 bits per heavy atom. The van der Waals surface area contributed by atoms with E-state index in [9.17, 15) is 9.59 Å². The quantitative estimate of drug-likeness (QED) is 0.181. The zero-order valence-electron chi connectivity index (χ0n) is 24.4. The minimum absolute atomic E-state index is 0.244. The van der Waals surface area contributed by atoms with Gasteiger partial charge in [0.25, 0.3) is 0 Å². The number of likely N-dealkylation sites (N-methyl/N-ethyl adjacent to an activating group) is 2. The van der Waals surface area contributed by atoms with Crippen LogP contribution in [-0.2, 0) is 21.4 Å². The molecule has 0 saturated carbocycles. The summed E-state index contributed by atoms with van der Waals surface area (Å²) in [4.78, 5) is 33.3. The molecule has 6 N–H and O–H groups in total. The number of likely N-dealkylation sites (tertiary alicyclic amines) is 1. The number of carbonyl (C=O) groups excluding carboxylic acids is 2. The highest BCUT2D eigenvalue weighted by atomic mass is 16.6. The summed E-state index contributed by atoms with van der Waals surface area (Å²) in [6.07, 6.45) is 5.05. The molecule has 4 aliphatic rings. The summed E-state index contributed by atoms with van der Waals surface area (Å²) < 4.78 is 18.3. The number of nitrogens with one attached hydrogen (secondary N) is 2. The van der Waals surface area contributed by atoms with E-state index in [1.54, 1.807) is 21.2 Å². The molecular weight excluding hydrogens is 526 g/mol. The highest BCUT2D eigenvalue weighted by Crippen LogP contribution is 2.63. The topological polar surface area (TPSA) is 157 Å². The average molecular weight is 570 g/mol. The maximum absolute atomic E-state index is 13.2. The first-order valence-corrected chi connectivity index (χ1v) is 14.4. The Kier molecular flexibility index (Phi) is 8.32. The van der Waals surface area contributed by atoms with Gasteiger partial charge in [0, 0.05) is 50.7 Å². The van der Waals surface area contributed by atoms with Crippen molar-refractivity contribution in [3.05, 3.63) is 35.1 Å². The summed E-state index contributed by atoms with van der Waals surface area (Å²) in [6.45, 7) is 2.08. The molecule has 2 aliphatic heterocycles. The summed E-state index contributed by atoms with van der Waals surface area (Å²) in [6, 6.07) is 3.91. The summed E-state index contributed by atoms with van der Waals surface area (Å²) in [7, 11) is 7.12. The fourth-order valence-electron chi connectivity index (χ4n) is 7.06. The number of allylic oxidation sites excluding steroid dienone is 1. The van der Waals surface area contributed by atoms with Crippen molar-refractivity contribution in [2.24, 2.45) is 22.4 Å². The molecule has 12 heteroatoms. The lowest BCUT2D eigenvalue weighted by Gasteiger charge is -2.56. The predicted molar refractivity (Wildman–Crippen MR) is 155 cm³/mol. The number of piperidine rings is 1. The van der Waals surface area contributed by atoms with Crippen molar-refractivity contribution < 1.29 is 23.8 Å². The van der Waals surface area contributed by atoms with Crippen LogP contribution in [0.25, 0.3) is 0 Å². The number of carbonyl (C=O) groups is 2. The first-order valence-electron chi connectivity index (χ1n) is 14.4. The van der Waals surface area contributed by atoms with Crippen molar-refractivity contribution in [1.29, 1.82) is 0 Å². The summed E-state index contributed by atoms with van der Waals surface area (Å²) in [5.41, 5.74) is 13.9. The molecule has 5 atom stereocenters. The van der Waals surface area contributed by atoms with Crippen LogP contribution in [-0.4, -0.2) is 100 Å². The molecule has 41 heavy (non-hydrogen) atoms. The number of amides is 2. The molecule has 0 aromatic heterocycles. The third-order valence-electron chi connectivity index (χ3n) is 9.27. The fraction of sp³-hybridized carbons (Fsp3) is 0.621. The number of hydrogen-bond donors (Lipinski definition) is 4. The third-order valence-corrected chi connectivity index (χ3v) is 9.27.